The van der Waals surface area contributed by atoms with Gasteiger partial charge in [-0.1, -0.05) is 0 Å². The zero-order valence-electron chi connectivity index (χ0n) is 9.44. The van der Waals surface area contributed by atoms with E-state index in [0.717, 1.165) is 17.1 Å². The second-order valence-electron chi connectivity index (χ2n) is 3.60. The van der Waals surface area contributed by atoms with Crippen molar-refractivity contribution in [3.05, 3.63) is 35.5 Å². The summed E-state index contributed by atoms with van der Waals surface area (Å²) in [7, 11) is 1.84. The summed E-state index contributed by atoms with van der Waals surface area (Å²) in [6.07, 6.45) is 1.47. The summed E-state index contributed by atoms with van der Waals surface area (Å²) in [5.41, 5.74) is 2.45. The Morgan fingerprint density at radius 2 is 2.25 bits per heavy atom. The Hall–Kier alpha value is -2.04. The quantitative estimate of drug-likeness (QED) is 0.838. The molecule has 0 aliphatic rings. The van der Waals surface area contributed by atoms with Crippen molar-refractivity contribution in [2.75, 3.05) is 5.32 Å². The second-order valence-corrected chi connectivity index (χ2v) is 3.60. The zero-order valence-corrected chi connectivity index (χ0v) is 9.44. The van der Waals surface area contributed by atoms with Crippen molar-refractivity contribution in [3.63, 3.8) is 0 Å². The number of carbonyl (C=O) groups is 1. The number of furan rings is 1. The molecule has 0 aromatic carbocycles. The summed E-state index contributed by atoms with van der Waals surface area (Å²) >= 11 is 0. The molecular formula is C11H13N3O2. The molecule has 2 aromatic heterocycles. The summed E-state index contributed by atoms with van der Waals surface area (Å²) in [5, 5.41) is 7.00. The predicted molar refractivity (Wildman–Crippen MR) is 59.3 cm³/mol. The van der Waals surface area contributed by atoms with Crippen LogP contribution in [-0.4, -0.2) is 15.7 Å². The van der Waals surface area contributed by atoms with E-state index in [9.17, 15) is 4.79 Å². The van der Waals surface area contributed by atoms with Crippen molar-refractivity contribution < 1.29 is 9.21 Å². The van der Waals surface area contributed by atoms with Gasteiger partial charge in [-0.15, -0.1) is 0 Å². The van der Waals surface area contributed by atoms with Crippen LogP contribution in [0.4, 0.5) is 5.69 Å². The van der Waals surface area contributed by atoms with E-state index in [1.54, 1.807) is 16.8 Å². The van der Waals surface area contributed by atoms with Gasteiger partial charge in [0.25, 0.3) is 5.91 Å². The van der Waals surface area contributed by atoms with E-state index in [2.05, 4.69) is 10.4 Å². The molecular weight excluding hydrogens is 206 g/mol. The molecule has 0 atom stereocenters. The van der Waals surface area contributed by atoms with E-state index in [4.69, 9.17) is 4.42 Å². The van der Waals surface area contributed by atoms with Crippen LogP contribution in [0.3, 0.4) is 0 Å². The summed E-state index contributed by atoms with van der Waals surface area (Å²) in [6.45, 7) is 3.75. The standard InChI is InChI=1S/C11H13N3O2/c1-7-10(8(2)14(3)13-7)12-11(15)9-5-4-6-16-9/h4-6H,1-3H3,(H,12,15). The molecule has 5 nitrogen and oxygen atoms in total. The number of aromatic nitrogens is 2. The van der Waals surface area contributed by atoms with Crippen LogP contribution >= 0.6 is 0 Å². The smallest absolute Gasteiger partial charge is 0.291 e. The number of rotatable bonds is 2. The Balaban J connectivity index is 2.25. The Morgan fingerprint density at radius 1 is 1.50 bits per heavy atom. The van der Waals surface area contributed by atoms with Crippen molar-refractivity contribution in [2.24, 2.45) is 7.05 Å². The van der Waals surface area contributed by atoms with E-state index < -0.39 is 0 Å². The van der Waals surface area contributed by atoms with E-state index >= 15 is 0 Å². The van der Waals surface area contributed by atoms with Gasteiger partial charge in [-0.3, -0.25) is 9.48 Å². The monoisotopic (exact) mass is 219 g/mol. The molecule has 5 heteroatoms. The van der Waals surface area contributed by atoms with Crippen LogP contribution in [0, 0.1) is 13.8 Å². The van der Waals surface area contributed by atoms with Gasteiger partial charge in [-0.25, -0.2) is 0 Å². The van der Waals surface area contributed by atoms with Gasteiger partial charge in [-0.05, 0) is 26.0 Å². The van der Waals surface area contributed by atoms with E-state index in [-0.39, 0.29) is 5.91 Å². The van der Waals surface area contributed by atoms with Crippen LogP contribution < -0.4 is 5.32 Å². The van der Waals surface area contributed by atoms with Crippen molar-refractivity contribution in [1.29, 1.82) is 0 Å². The lowest BCUT2D eigenvalue weighted by Gasteiger charge is -2.03. The number of carbonyl (C=O) groups excluding carboxylic acids is 1. The first kappa shape index (κ1) is 10.5. The lowest BCUT2D eigenvalue weighted by Crippen LogP contribution is -2.12. The number of amides is 1. The highest BCUT2D eigenvalue weighted by molar-refractivity contribution is 6.02. The van der Waals surface area contributed by atoms with Gasteiger partial charge in [0.15, 0.2) is 5.76 Å². The van der Waals surface area contributed by atoms with Crippen molar-refractivity contribution in [3.8, 4) is 0 Å². The van der Waals surface area contributed by atoms with Crippen LogP contribution in [0.2, 0.25) is 0 Å². The summed E-state index contributed by atoms with van der Waals surface area (Å²) in [4.78, 5) is 11.7. The predicted octanol–water partition coefficient (Wildman–Crippen LogP) is 1.88. The Labute approximate surface area is 93.1 Å². The molecule has 2 rings (SSSR count). The summed E-state index contributed by atoms with van der Waals surface area (Å²) in [5.74, 6) is 0.0341. The Kier molecular flexibility index (Phi) is 2.52. The molecule has 84 valence electrons. The highest BCUT2D eigenvalue weighted by Crippen LogP contribution is 2.19. The fourth-order valence-corrected chi connectivity index (χ4v) is 1.54. The molecule has 2 heterocycles. The third kappa shape index (κ3) is 1.71. The van der Waals surface area contributed by atoms with Gasteiger partial charge in [0, 0.05) is 7.05 Å². The van der Waals surface area contributed by atoms with E-state index in [1.165, 1.54) is 6.26 Å². The van der Waals surface area contributed by atoms with Crippen LogP contribution in [0.15, 0.2) is 22.8 Å². The largest absolute Gasteiger partial charge is 0.459 e. The number of hydrogen-bond acceptors (Lipinski definition) is 3. The van der Waals surface area contributed by atoms with Crippen LogP contribution in [0.25, 0.3) is 0 Å². The number of hydrogen-bond donors (Lipinski definition) is 1. The van der Waals surface area contributed by atoms with Crippen molar-refractivity contribution >= 4 is 11.6 Å². The maximum absolute atomic E-state index is 11.7. The van der Waals surface area contributed by atoms with Gasteiger partial charge in [-0.2, -0.15) is 5.10 Å². The Bertz CT molecular complexity index is 512. The lowest BCUT2D eigenvalue weighted by atomic mass is 10.3. The first-order chi connectivity index (χ1) is 7.59. The van der Waals surface area contributed by atoms with Gasteiger partial charge in [0.1, 0.15) is 0 Å². The maximum atomic E-state index is 11.7. The average molecular weight is 219 g/mol. The van der Waals surface area contributed by atoms with E-state index in [0.29, 0.717) is 5.76 Å². The molecule has 1 amide bonds. The fraction of sp³-hybridized carbons (Fsp3) is 0.273. The van der Waals surface area contributed by atoms with Crippen molar-refractivity contribution in [2.45, 2.75) is 13.8 Å². The third-order valence-corrected chi connectivity index (χ3v) is 2.49. The second kappa shape index (κ2) is 3.84. The van der Waals surface area contributed by atoms with Crippen LogP contribution in [0.1, 0.15) is 21.9 Å². The molecule has 0 aliphatic carbocycles. The molecule has 0 bridgehead atoms. The van der Waals surface area contributed by atoms with E-state index in [1.807, 2.05) is 20.9 Å². The SMILES string of the molecule is Cc1nn(C)c(C)c1NC(=O)c1ccco1. The summed E-state index contributed by atoms with van der Waals surface area (Å²) < 4.78 is 6.74. The normalized spacial score (nSPS) is 10.4. The molecule has 0 fully saturated rings. The van der Waals surface area contributed by atoms with Gasteiger partial charge in [0.05, 0.1) is 23.3 Å². The molecule has 0 radical (unpaired) electrons. The van der Waals surface area contributed by atoms with Gasteiger partial charge >= 0.3 is 0 Å². The minimum atomic E-state index is -0.260. The molecule has 1 N–H and O–H groups in total. The molecule has 0 saturated carbocycles. The topological polar surface area (TPSA) is 60.1 Å². The molecule has 0 spiro atoms. The number of anilines is 1. The fourth-order valence-electron chi connectivity index (χ4n) is 1.54. The van der Waals surface area contributed by atoms with Gasteiger partial charge < -0.3 is 9.73 Å². The minimum Gasteiger partial charge on any atom is -0.459 e. The highest BCUT2D eigenvalue weighted by Gasteiger charge is 2.14. The zero-order chi connectivity index (χ0) is 11.7. The maximum Gasteiger partial charge on any atom is 0.291 e. The number of nitrogens with one attached hydrogen (secondary N) is 1. The molecule has 0 aliphatic heterocycles. The number of nitrogens with zero attached hydrogens (tertiary/aromatic N) is 2. The molecule has 0 unspecified atom stereocenters. The first-order valence-electron chi connectivity index (χ1n) is 4.94. The van der Waals surface area contributed by atoms with Gasteiger partial charge in [0.2, 0.25) is 0 Å². The average Bonchev–Trinajstić information content (AvgIpc) is 2.83. The van der Waals surface area contributed by atoms with Crippen molar-refractivity contribution in [1.82, 2.24) is 9.78 Å². The van der Waals surface area contributed by atoms with Crippen LogP contribution in [-0.2, 0) is 7.05 Å². The summed E-state index contributed by atoms with van der Waals surface area (Å²) in [6, 6.07) is 3.30. The molecule has 0 saturated heterocycles. The number of aryl methyl sites for hydroxylation is 2. The minimum absolute atomic E-state index is 0.260. The molecule has 16 heavy (non-hydrogen) atoms. The third-order valence-electron chi connectivity index (χ3n) is 2.49. The molecule has 2 aromatic rings. The Morgan fingerprint density at radius 3 is 2.75 bits per heavy atom. The first-order valence-corrected chi connectivity index (χ1v) is 4.94. The highest BCUT2D eigenvalue weighted by atomic mass is 16.3. The van der Waals surface area contributed by atoms with Crippen LogP contribution in [0.5, 0.6) is 0 Å². The lowest BCUT2D eigenvalue weighted by molar-refractivity contribution is 0.0996.